The number of nitrogens with zero attached hydrogens (tertiary/aromatic N) is 2. The number of benzene rings is 2. The smallest absolute Gasteiger partial charge is 0.166 e. The van der Waals surface area contributed by atoms with Gasteiger partial charge in [0.05, 0.1) is 25.7 Å². The summed E-state index contributed by atoms with van der Waals surface area (Å²) in [7, 11) is 3.25. The van der Waals surface area contributed by atoms with E-state index in [9.17, 15) is 10.1 Å². The van der Waals surface area contributed by atoms with Crippen molar-refractivity contribution in [3.63, 3.8) is 0 Å². The average molecular weight is 491 g/mol. The van der Waals surface area contributed by atoms with Gasteiger partial charge in [-0.05, 0) is 101 Å². The monoisotopic (exact) mass is 490 g/mol. The van der Waals surface area contributed by atoms with E-state index >= 15 is 0 Å². The second-order valence-corrected chi connectivity index (χ2v) is 10.7. The number of aryl methyl sites for hydroxylation is 3. The van der Waals surface area contributed by atoms with Gasteiger partial charge in [-0.3, -0.25) is 4.79 Å². The summed E-state index contributed by atoms with van der Waals surface area (Å²) < 4.78 is 10.9. The van der Waals surface area contributed by atoms with Gasteiger partial charge in [0.15, 0.2) is 17.3 Å². The van der Waals surface area contributed by atoms with Crippen LogP contribution in [0.5, 0.6) is 11.5 Å². The number of rotatable bonds is 10. The molecule has 1 unspecified atom stereocenters. The Morgan fingerprint density at radius 3 is 2.19 bits per heavy atom. The molecule has 0 bridgehead atoms. The lowest BCUT2D eigenvalue weighted by molar-refractivity contribution is 0.0836. The largest absolute Gasteiger partial charge is 0.493 e. The zero-order valence-corrected chi connectivity index (χ0v) is 23.1. The number of ketones is 1. The van der Waals surface area contributed by atoms with Crippen LogP contribution in [0.25, 0.3) is 0 Å². The normalized spacial score (nSPS) is 16.4. The molecule has 194 valence electrons. The maximum absolute atomic E-state index is 13.3. The quantitative estimate of drug-likeness (QED) is 0.360. The van der Waals surface area contributed by atoms with Crippen molar-refractivity contribution >= 4 is 5.78 Å². The molecular weight excluding hydrogens is 448 g/mol. The van der Waals surface area contributed by atoms with Crippen molar-refractivity contribution < 1.29 is 14.3 Å². The molecule has 5 heteroatoms. The van der Waals surface area contributed by atoms with Crippen molar-refractivity contribution in [2.75, 3.05) is 33.9 Å². The first kappa shape index (κ1) is 27.7. The third-order valence-electron chi connectivity index (χ3n) is 8.01. The van der Waals surface area contributed by atoms with Crippen molar-refractivity contribution in [1.82, 2.24) is 4.90 Å². The minimum atomic E-state index is -0.589. The molecule has 0 amide bonds. The van der Waals surface area contributed by atoms with Gasteiger partial charge >= 0.3 is 0 Å². The third kappa shape index (κ3) is 5.76. The van der Waals surface area contributed by atoms with Crippen LogP contribution in [0.4, 0.5) is 0 Å². The number of hydrogen-bond acceptors (Lipinski definition) is 5. The van der Waals surface area contributed by atoms with Crippen molar-refractivity contribution in [2.24, 2.45) is 11.8 Å². The van der Waals surface area contributed by atoms with Gasteiger partial charge in [0.2, 0.25) is 0 Å². The second kappa shape index (κ2) is 11.9. The molecule has 2 aromatic carbocycles. The molecule has 1 saturated heterocycles. The predicted molar refractivity (Wildman–Crippen MR) is 145 cm³/mol. The minimum absolute atomic E-state index is 0.0991. The molecule has 0 aliphatic carbocycles. The fourth-order valence-corrected chi connectivity index (χ4v) is 5.90. The summed E-state index contributed by atoms with van der Waals surface area (Å²) in [6.07, 6.45) is 3.50. The minimum Gasteiger partial charge on any atom is -0.493 e. The Kier molecular flexibility index (Phi) is 9.19. The molecule has 1 heterocycles. The lowest BCUT2D eigenvalue weighted by atomic mass is 9.69. The van der Waals surface area contributed by atoms with Crippen LogP contribution < -0.4 is 9.47 Å². The molecule has 3 rings (SSSR count). The first-order chi connectivity index (χ1) is 17.2. The lowest BCUT2D eigenvalue weighted by Crippen LogP contribution is -2.38. The van der Waals surface area contributed by atoms with Gasteiger partial charge in [-0.2, -0.15) is 5.26 Å². The standard InChI is InChI=1S/C31H42N2O3/c1-21(2)31(20-32,26-9-10-27(35-6)28(19-26)36-7)13-8-14-33-15-11-25(12-16-33)30(34)29-23(4)17-22(3)18-24(29)5/h9-10,17-19,21,25H,8,11-16H2,1-7H3. The number of piperidine rings is 1. The number of likely N-dealkylation sites (tertiary alicyclic amines) is 1. The Hall–Kier alpha value is -2.84. The second-order valence-electron chi connectivity index (χ2n) is 10.7. The topological polar surface area (TPSA) is 62.6 Å². The van der Waals surface area contributed by atoms with Gasteiger partial charge in [-0.25, -0.2) is 0 Å². The zero-order chi connectivity index (χ0) is 26.5. The molecule has 2 aromatic rings. The van der Waals surface area contributed by atoms with E-state index in [1.807, 2.05) is 18.2 Å². The number of ether oxygens (including phenoxy) is 2. The summed E-state index contributed by atoms with van der Waals surface area (Å²) in [5.74, 6) is 1.89. The van der Waals surface area contributed by atoms with Gasteiger partial charge in [0.25, 0.3) is 0 Å². The van der Waals surface area contributed by atoms with Crippen LogP contribution in [0.15, 0.2) is 30.3 Å². The number of nitriles is 1. The highest BCUT2D eigenvalue weighted by Gasteiger charge is 2.37. The van der Waals surface area contributed by atoms with E-state index in [1.54, 1.807) is 14.2 Å². The summed E-state index contributed by atoms with van der Waals surface area (Å²) in [5.41, 5.74) is 4.71. The zero-order valence-electron chi connectivity index (χ0n) is 23.1. The average Bonchev–Trinajstić information content (AvgIpc) is 2.85. The summed E-state index contributed by atoms with van der Waals surface area (Å²) in [4.78, 5) is 15.8. The van der Waals surface area contributed by atoms with E-state index in [-0.39, 0.29) is 11.8 Å². The van der Waals surface area contributed by atoms with Crippen LogP contribution in [-0.2, 0) is 5.41 Å². The van der Waals surface area contributed by atoms with E-state index in [0.29, 0.717) is 17.3 Å². The predicted octanol–water partition coefficient (Wildman–Crippen LogP) is 6.42. The Bertz CT molecular complexity index is 1090. The summed E-state index contributed by atoms with van der Waals surface area (Å²) in [6, 6.07) is 12.7. The highest BCUT2D eigenvalue weighted by molar-refractivity contribution is 6.00. The SMILES string of the molecule is COc1ccc(C(C#N)(CCCN2CCC(C(=O)c3c(C)cc(C)cc3C)CC2)C(C)C)cc1OC. The maximum atomic E-state index is 13.3. The number of hydrogen-bond donors (Lipinski definition) is 0. The molecule has 0 radical (unpaired) electrons. The van der Waals surface area contributed by atoms with Gasteiger partial charge in [-0.15, -0.1) is 0 Å². The molecule has 5 nitrogen and oxygen atoms in total. The van der Waals surface area contributed by atoms with E-state index in [4.69, 9.17) is 9.47 Å². The highest BCUT2D eigenvalue weighted by Crippen LogP contribution is 2.40. The fourth-order valence-electron chi connectivity index (χ4n) is 5.90. The van der Waals surface area contributed by atoms with Crippen LogP contribution in [-0.4, -0.2) is 44.5 Å². The molecule has 0 aromatic heterocycles. The van der Waals surface area contributed by atoms with Crippen molar-refractivity contribution in [3.8, 4) is 17.6 Å². The van der Waals surface area contributed by atoms with Crippen LogP contribution in [0.2, 0.25) is 0 Å². The lowest BCUT2D eigenvalue weighted by Gasteiger charge is -2.35. The molecule has 1 aliphatic rings. The molecule has 0 saturated carbocycles. The van der Waals surface area contributed by atoms with Crippen LogP contribution in [0.3, 0.4) is 0 Å². The molecule has 0 N–H and O–H groups in total. The van der Waals surface area contributed by atoms with Crippen LogP contribution >= 0.6 is 0 Å². The van der Waals surface area contributed by atoms with Gasteiger partial charge in [0.1, 0.15) is 0 Å². The molecular formula is C31H42N2O3. The van der Waals surface area contributed by atoms with Crippen molar-refractivity contribution in [1.29, 1.82) is 5.26 Å². The maximum Gasteiger partial charge on any atom is 0.166 e. The van der Waals surface area contributed by atoms with Gasteiger partial charge in [-0.1, -0.05) is 37.6 Å². The van der Waals surface area contributed by atoms with E-state index in [0.717, 1.165) is 67.6 Å². The van der Waals surface area contributed by atoms with Crippen molar-refractivity contribution in [3.05, 3.63) is 58.1 Å². The fraction of sp³-hybridized carbons (Fsp3) is 0.548. The van der Waals surface area contributed by atoms with Crippen molar-refractivity contribution in [2.45, 2.75) is 65.7 Å². The number of Topliss-reactive ketones (excluding diaryl/α,β-unsaturated/α-hetero) is 1. The van der Waals surface area contributed by atoms with E-state index in [2.05, 4.69) is 57.7 Å². The molecule has 1 atom stereocenters. The Morgan fingerprint density at radius 1 is 1.06 bits per heavy atom. The Labute approximate surface area is 217 Å². The molecule has 1 aliphatic heterocycles. The van der Waals surface area contributed by atoms with Crippen LogP contribution in [0, 0.1) is 43.9 Å². The molecule has 36 heavy (non-hydrogen) atoms. The Morgan fingerprint density at radius 2 is 1.67 bits per heavy atom. The number of methoxy groups -OCH3 is 2. The van der Waals surface area contributed by atoms with E-state index < -0.39 is 5.41 Å². The summed E-state index contributed by atoms with van der Waals surface area (Å²) >= 11 is 0. The third-order valence-corrected chi connectivity index (χ3v) is 8.01. The number of carbonyl (C=O) groups excluding carboxylic acids is 1. The Balaban J connectivity index is 1.62. The summed E-state index contributed by atoms with van der Waals surface area (Å²) in [5, 5.41) is 10.3. The van der Waals surface area contributed by atoms with Gasteiger partial charge in [0, 0.05) is 11.5 Å². The van der Waals surface area contributed by atoms with Gasteiger partial charge < -0.3 is 14.4 Å². The number of carbonyl (C=O) groups is 1. The summed E-state index contributed by atoms with van der Waals surface area (Å²) in [6.45, 7) is 13.2. The van der Waals surface area contributed by atoms with Crippen LogP contribution in [0.1, 0.15) is 72.1 Å². The first-order valence-corrected chi connectivity index (χ1v) is 13.1. The first-order valence-electron chi connectivity index (χ1n) is 13.1. The van der Waals surface area contributed by atoms with E-state index in [1.165, 1.54) is 5.56 Å². The molecule has 1 fully saturated rings. The molecule has 0 spiro atoms. The highest BCUT2D eigenvalue weighted by atomic mass is 16.5.